The number of benzene rings is 3. The summed E-state index contributed by atoms with van der Waals surface area (Å²) in [6, 6.07) is 23.3. The highest BCUT2D eigenvalue weighted by Gasteiger charge is 2.08. The van der Waals surface area contributed by atoms with Crippen LogP contribution < -0.4 is 20.7 Å². The van der Waals surface area contributed by atoms with E-state index in [9.17, 15) is 9.59 Å². The molecule has 3 rings (SSSR count). The zero-order valence-corrected chi connectivity index (χ0v) is 17.2. The average molecular weight is 420 g/mol. The molecule has 152 valence electrons. The van der Waals surface area contributed by atoms with Crippen molar-refractivity contribution in [3.05, 3.63) is 90.0 Å². The second-order valence-corrected chi connectivity index (χ2v) is 6.84. The number of hydrogen-bond donors (Lipinski definition) is 3. The normalized spacial score (nSPS) is 10.0. The Bertz CT molecular complexity index is 1040. The smallest absolute Gasteiger partial charge is 0.255 e. The van der Waals surface area contributed by atoms with Gasteiger partial charge in [0, 0.05) is 16.9 Å². The summed E-state index contributed by atoms with van der Waals surface area (Å²) < 4.78 is 5.11. The lowest BCUT2D eigenvalue weighted by Crippen LogP contribution is -2.35. The van der Waals surface area contributed by atoms with E-state index in [1.807, 2.05) is 18.2 Å². The fourth-order valence-electron chi connectivity index (χ4n) is 2.73. The van der Waals surface area contributed by atoms with Crippen LogP contribution in [0, 0.1) is 0 Å². The molecule has 0 radical (unpaired) electrons. The molecule has 0 atom stereocenters. The van der Waals surface area contributed by atoms with Crippen LogP contribution in [0.2, 0.25) is 0 Å². The van der Waals surface area contributed by atoms with Crippen molar-refractivity contribution in [2.75, 3.05) is 17.7 Å². The number of thiocarbonyl (C=S) groups is 1. The highest BCUT2D eigenvalue weighted by Crippen LogP contribution is 2.16. The van der Waals surface area contributed by atoms with Crippen LogP contribution in [0.5, 0.6) is 5.75 Å². The van der Waals surface area contributed by atoms with Crippen molar-refractivity contribution in [2.45, 2.75) is 6.42 Å². The highest BCUT2D eigenvalue weighted by atomic mass is 32.1. The number of methoxy groups -OCH3 is 1. The zero-order valence-electron chi connectivity index (χ0n) is 16.3. The Labute approximate surface area is 180 Å². The Morgan fingerprint density at radius 1 is 0.867 bits per heavy atom. The predicted molar refractivity (Wildman–Crippen MR) is 122 cm³/mol. The summed E-state index contributed by atoms with van der Waals surface area (Å²) >= 11 is 5.23. The molecule has 3 aromatic rings. The number of rotatable bonds is 6. The van der Waals surface area contributed by atoms with E-state index in [4.69, 9.17) is 17.0 Å². The van der Waals surface area contributed by atoms with Crippen molar-refractivity contribution in [2.24, 2.45) is 0 Å². The molecule has 0 aliphatic carbocycles. The van der Waals surface area contributed by atoms with Gasteiger partial charge in [0.25, 0.3) is 5.91 Å². The molecule has 0 aromatic heterocycles. The molecular formula is C23H21N3O3S. The van der Waals surface area contributed by atoms with Crippen LogP contribution in [0.25, 0.3) is 0 Å². The summed E-state index contributed by atoms with van der Waals surface area (Å²) in [6.45, 7) is 0. The van der Waals surface area contributed by atoms with Gasteiger partial charge in [-0.2, -0.15) is 0 Å². The molecule has 0 saturated carbocycles. The molecule has 0 heterocycles. The minimum Gasteiger partial charge on any atom is -0.497 e. The van der Waals surface area contributed by atoms with Gasteiger partial charge < -0.3 is 20.7 Å². The lowest BCUT2D eigenvalue weighted by molar-refractivity contribution is -0.119. The summed E-state index contributed by atoms with van der Waals surface area (Å²) in [5.74, 6) is 0.296. The van der Waals surface area contributed by atoms with Gasteiger partial charge in [-0.1, -0.05) is 36.4 Å². The zero-order chi connectivity index (χ0) is 21.3. The van der Waals surface area contributed by atoms with E-state index < -0.39 is 0 Å². The van der Waals surface area contributed by atoms with Crippen LogP contribution in [0.1, 0.15) is 15.9 Å². The molecule has 2 amide bonds. The van der Waals surface area contributed by atoms with Gasteiger partial charge in [0.15, 0.2) is 5.11 Å². The molecule has 30 heavy (non-hydrogen) atoms. The standard InChI is InChI=1S/C23H21N3O3S/c1-29-20-12-10-16(11-13-20)14-21(27)26-23(30)25-19-9-5-8-18(15-19)24-22(28)17-6-3-2-4-7-17/h2-13,15H,14H2,1H3,(H,24,28)(H2,25,26,27,30). The van der Waals surface area contributed by atoms with Gasteiger partial charge in [-0.15, -0.1) is 0 Å². The Morgan fingerprint density at radius 2 is 1.53 bits per heavy atom. The topological polar surface area (TPSA) is 79.5 Å². The first-order valence-electron chi connectivity index (χ1n) is 9.24. The van der Waals surface area contributed by atoms with Gasteiger partial charge in [-0.05, 0) is 60.2 Å². The second kappa shape index (κ2) is 10.2. The molecule has 0 spiro atoms. The monoisotopic (exact) mass is 419 g/mol. The molecule has 3 aromatic carbocycles. The van der Waals surface area contributed by atoms with Crippen LogP contribution in [0.15, 0.2) is 78.9 Å². The number of amides is 2. The molecule has 0 fully saturated rings. The molecule has 0 aliphatic heterocycles. The Morgan fingerprint density at radius 3 is 2.20 bits per heavy atom. The van der Waals surface area contributed by atoms with Gasteiger partial charge >= 0.3 is 0 Å². The van der Waals surface area contributed by atoms with E-state index in [0.29, 0.717) is 16.9 Å². The second-order valence-electron chi connectivity index (χ2n) is 6.43. The van der Waals surface area contributed by atoms with Crippen molar-refractivity contribution in [3.8, 4) is 5.75 Å². The Hall–Kier alpha value is -3.71. The van der Waals surface area contributed by atoms with E-state index in [1.54, 1.807) is 67.8 Å². The van der Waals surface area contributed by atoms with Crippen molar-refractivity contribution < 1.29 is 14.3 Å². The predicted octanol–water partition coefficient (Wildman–Crippen LogP) is 4.00. The van der Waals surface area contributed by atoms with Crippen molar-refractivity contribution >= 4 is 40.5 Å². The minimum absolute atomic E-state index is 0.181. The van der Waals surface area contributed by atoms with Gasteiger partial charge in [0.2, 0.25) is 5.91 Å². The van der Waals surface area contributed by atoms with E-state index >= 15 is 0 Å². The maximum atomic E-state index is 12.3. The third kappa shape index (κ3) is 6.15. The SMILES string of the molecule is COc1ccc(CC(=O)NC(=S)Nc2cccc(NC(=O)c3ccccc3)c2)cc1. The first-order valence-corrected chi connectivity index (χ1v) is 9.64. The van der Waals surface area contributed by atoms with Gasteiger partial charge in [0.05, 0.1) is 13.5 Å². The Balaban J connectivity index is 1.54. The maximum absolute atomic E-state index is 12.3. The van der Waals surface area contributed by atoms with Crippen molar-refractivity contribution in [1.82, 2.24) is 5.32 Å². The van der Waals surface area contributed by atoms with E-state index in [0.717, 1.165) is 11.3 Å². The third-order valence-electron chi connectivity index (χ3n) is 4.19. The summed E-state index contributed by atoms with van der Waals surface area (Å²) in [5, 5.41) is 8.63. The number of anilines is 2. The first-order chi connectivity index (χ1) is 14.5. The van der Waals surface area contributed by atoms with Crippen molar-refractivity contribution in [3.63, 3.8) is 0 Å². The summed E-state index contributed by atoms with van der Waals surface area (Å²) in [4.78, 5) is 24.5. The highest BCUT2D eigenvalue weighted by molar-refractivity contribution is 7.80. The number of ether oxygens (including phenoxy) is 1. The lowest BCUT2D eigenvalue weighted by atomic mass is 10.1. The lowest BCUT2D eigenvalue weighted by Gasteiger charge is -2.11. The van der Waals surface area contributed by atoms with Crippen molar-refractivity contribution in [1.29, 1.82) is 0 Å². The average Bonchev–Trinajstić information content (AvgIpc) is 2.75. The number of hydrogen-bond acceptors (Lipinski definition) is 4. The van der Waals surface area contributed by atoms with Gasteiger partial charge in [-0.3, -0.25) is 9.59 Å². The minimum atomic E-state index is -0.230. The molecule has 0 bridgehead atoms. The molecule has 7 heteroatoms. The quantitative estimate of drug-likeness (QED) is 0.526. The maximum Gasteiger partial charge on any atom is 0.255 e. The van der Waals surface area contributed by atoms with E-state index in [2.05, 4.69) is 16.0 Å². The van der Waals surface area contributed by atoms with Crippen LogP contribution in [-0.2, 0) is 11.2 Å². The Kier molecular flexibility index (Phi) is 7.13. The fourth-order valence-corrected chi connectivity index (χ4v) is 2.96. The molecule has 3 N–H and O–H groups in total. The summed E-state index contributed by atoms with van der Waals surface area (Å²) in [5.41, 5.74) is 2.68. The van der Waals surface area contributed by atoms with Crippen LogP contribution in [0.4, 0.5) is 11.4 Å². The van der Waals surface area contributed by atoms with E-state index in [1.165, 1.54) is 0 Å². The van der Waals surface area contributed by atoms with Gasteiger partial charge in [-0.25, -0.2) is 0 Å². The molecule has 6 nitrogen and oxygen atoms in total. The van der Waals surface area contributed by atoms with Crippen LogP contribution in [0.3, 0.4) is 0 Å². The fraction of sp³-hybridized carbons (Fsp3) is 0.0870. The third-order valence-corrected chi connectivity index (χ3v) is 4.40. The number of carbonyl (C=O) groups is 2. The molecule has 0 aliphatic rings. The molecule has 0 saturated heterocycles. The summed E-state index contributed by atoms with van der Waals surface area (Å²) in [6.07, 6.45) is 0.193. The summed E-state index contributed by atoms with van der Waals surface area (Å²) in [7, 11) is 1.59. The van der Waals surface area contributed by atoms with Crippen LogP contribution in [-0.4, -0.2) is 24.0 Å². The number of carbonyl (C=O) groups excluding carboxylic acids is 2. The number of nitrogens with one attached hydrogen (secondary N) is 3. The van der Waals surface area contributed by atoms with Crippen LogP contribution >= 0.6 is 12.2 Å². The molecular weight excluding hydrogens is 398 g/mol. The van der Waals surface area contributed by atoms with Gasteiger partial charge in [0.1, 0.15) is 5.75 Å². The molecule has 0 unspecified atom stereocenters. The van der Waals surface area contributed by atoms with E-state index in [-0.39, 0.29) is 23.3 Å². The first kappa shape index (κ1) is 21.0. The largest absolute Gasteiger partial charge is 0.497 e.